The van der Waals surface area contributed by atoms with Crippen molar-refractivity contribution < 1.29 is 9.90 Å². The molecule has 4 heteroatoms. The van der Waals surface area contributed by atoms with E-state index in [-0.39, 0.29) is 11.7 Å². The normalized spacial score (nSPS) is 10.3. The number of rotatable bonds is 3. The van der Waals surface area contributed by atoms with Crippen molar-refractivity contribution in [2.75, 3.05) is 11.4 Å². The van der Waals surface area contributed by atoms with Gasteiger partial charge in [0.15, 0.2) is 0 Å². The lowest BCUT2D eigenvalue weighted by atomic mass is 10.1. The van der Waals surface area contributed by atoms with E-state index in [1.165, 1.54) is 0 Å². The molecule has 1 amide bonds. The van der Waals surface area contributed by atoms with E-state index in [0.29, 0.717) is 22.8 Å². The fourth-order valence-corrected chi connectivity index (χ4v) is 2.36. The van der Waals surface area contributed by atoms with Crippen LogP contribution in [0.5, 0.6) is 5.75 Å². The summed E-state index contributed by atoms with van der Waals surface area (Å²) in [5.74, 6) is -0.0492. The Morgan fingerprint density at radius 3 is 2.60 bits per heavy atom. The van der Waals surface area contributed by atoms with Gasteiger partial charge in [-0.15, -0.1) is 0 Å². The average Bonchev–Trinajstić information content (AvgIpc) is 2.39. The van der Waals surface area contributed by atoms with E-state index in [4.69, 9.17) is 11.6 Å². The second-order valence-corrected chi connectivity index (χ2v) is 4.96. The third-order valence-electron chi connectivity index (χ3n) is 3.06. The van der Waals surface area contributed by atoms with Crippen LogP contribution in [0.3, 0.4) is 0 Å². The molecule has 2 aromatic carbocycles. The van der Waals surface area contributed by atoms with Gasteiger partial charge < -0.3 is 10.0 Å². The molecule has 0 aliphatic heterocycles. The van der Waals surface area contributed by atoms with Gasteiger partial charge in [0.05, 0.1) is 10.6 Å². The van der Waals surface area contributed by atoms with Crippen molar-refractivity contribution in [3.8, 4) is 5.75 Å². The number of aryl methyl sites for hydroxylation is 1. The molecule has 0 unspecified atom stereocenters. The van der Waals surface area contributed by atoms with Gasteiger partial charge in [0.2, 0.25) is 0 Å². The first-order valence-corrected chi connectivity index (χ1v) is 6.77. The minimum atomic E-state index is -0.178. The zero-order valence-electron chi connectivity index (χ0n) is 11.4. The molecule has 0 saturated heterocycles. The van der Waals surface area contributed by atoms with Gasteiger partial charge in [-0.1, -0.05) is 23.7 Å². The topological polar surface area (TPSA) is 40.5 Å². The summed E-state index contributed by atoms with van der Waals surface area (Å²) < 4.78 is 0. The summed E-state index contributed by atoms with van der Waals surface area (Å²) in [6.07, 6.45) is 0. The molecule has 0 saturated carbocycles. The smallest absolute Gasteiger partial charge is 0.259 e. The van der Waals surface area contributed by atoms with Gasteiger partial charge >= 0.3 is 0 Å². The number of phenols is 1. The van der Waals surface area contributed by atoms with Gasteiger partial charge in [-0.05, 0) is 43.7 Å². The number of anilines is 1. The summed E-state index contributed by atoms with van der Waals surface area (Å²) in [7, 11) is 0. The number of amides is 1. The number of phenolic OH excluding ortho intramolecular Hbond substituents is 1. The average molecular weight is 290 g/mol. The number of hydrogen-bond acceptors (Lipinski definition) is 2. The Morgan fingerprint density at radius 1 is 1.25 bits per heavy atom. The van der Waals surface area contributed by atoms with Crippen molar-refractivity contribution in [3.05, 3.63) is 58.6 Å². The highest BCUT2D eigenvalue weighted by Gasteiger charge is 2.18. The number of carbonyl (C=O) groups excluding carboxylic acids is 1. The van der Waals surface area contributed by atoms with Crippen LogP contribution in [-0.4, -0.2) is 17.6 Å². The SMILES string of the molecule is CCN(C(=O)c1ccc(C)cc1Cl)c1cccc(O)c1. The summed E-state index contributed by atoms with van der Waals surface area (Å²) in [5, 5.41) is 9.98. The Labute approximate surface area is 123 Å². The van der Waals surface area contributed by atoms with Gasteiger partial charge in [-0.3, -0.25) is 4.79 Å². The van der Waals surface area contributed by atoms with Crippen LogP contribution < -0.4 is 4.90 Å². The van der Waals surface area contributed by atoms with E-state index < -0.39 is 0 Å². The highest BCUT2D eigenvalue weighted by Crippen LogP contribution is 2.25. The van der Waals surface area contributed by atoms with Crippen molar-refractivity contribution in [1.29, 1.82) is 0 Å². The fraction of sp³-hybridized carbons (Fsp3) is 0.188. The number of nitrogens with zero attached hydrogens (tertiary/aromatic N) is 1. The Kier molecular flexibility index (Phi) is 4.30. The minimum absolute atomic E-state index is 0.128. The summed E-state index contributed by atoms with van der Waals surface area (Å²) in [5.41, 5.74) is 2.11. The van der Waals surface area contributed by atoms with Gasteiger partial charge in [-0.25, -0.2) is 0 Å². The molecule has 2 aromatic rings. The molecule has 0 atom stereocenters. The first-order valence-electron chi connectivity index (χ1n) is 6.40. The van der Waals surface area contributed by atoms with Crippen molar-refractivity contribution in [2.24, 2.45) is 0 Å². The van der Waals surface area contributed by atoms with E-state index >= 15 is 0 Å². The van der Waals surface area contributed by atoms with E-state index in [0.717, 1.165) is 5.56 Å². The second kappa shape index (κ2) is 5.97. The van der Waals surface area contributed by atoms with E-state index in [1.54, 1.807) is 41.3 Å². The molecule has 0 aliphatic rings. The molecule has 3 nitrogen and oxygen atoms in total. The van der Waals surface area contributed by atoms with Crippen LogP contribution in [0.25, 0.3) is 0 Å². The largest absolute Gasteiger partial charge is 0.508 e. The molecule has 0 spiro atoms. The van der Waals surface area contributed by atoms with Crippen LogP contribution in [0.1, 0.15) is 22.8 Å². The summed E-state index contributed by atoms with van der Waals surface area (Å²) in [4.78, 5) is 14.2. The Balaban J connectivity index is 2.39. The lowest BCUT2D eigenvalue weighted by Crippen LogP contribution is -2.30. The third-order valence-corrected chi connectivity index (χ3v) is 3.37. The van der Waals surface area contributed by atoms with E-state index in [9.17, 15) is 9.90 Å². The number of halogens is 1. The van der Waals surface area contributed by atoms with Gasteiger partial charge in [-0.2, -0.15) is 0 Å². The zero-order chi connectivity index (χ0) is 14.7. The highest BCUT2D eigenvalue weighted by atomic mass is 35.5. The maximum atomic E-state index is 12.6. The number of aromatic hydroxyl groups is 1. The Hall–Kier alpha value is -2.00. The Morgan fingerprint density at radius 2 is 2.00 bits per heavy atom. The lowest BCUT2D eigenvalue weighted by Gasteiger charge is -2.22. The maximum absolute atomic E-state index is 12.6. The molecule has 0 radical (unpaired) electrons. The molecule has 0 heterocycles. The second-order valence-electron chi connectivity index (χ2n) is 4.55. The molecule has 0 bridgehead atoms. The van der Waals surface area contributed by atoms with Crippen LogP contribution in [-0.2, 0) is 0 Å². The summed E-state index contributed by atoms with van der Waals surface area (Å²) in [6.45, 7) is 4.30. The monoisotopic (exact) mass is 289 g/mol. The molecular formula is C16H16ClNO2. The maximum Gasteiger partial charge on any atom is 0.259 e. The predicted molar refractivity (Wildman–Crippen MR) is 81.6 cm³/mol. The first-order chi connectivity index (χ1) is 9.52. The quantitative estimate of drug-likeness (QED) is 0.927. The summed E-state index contributed by atoms with van der Waals surface area (Å²) >= 11 is 6.15. The molecular weight excluding hydrogens is 274 g/mol. The standard InChI is InChI=1S/C16H16ClNO2/c1-3-18(12-5-4-6-13(19)10-12)16(20)14-8-7-11(2)9-15(14)17/h4-10,19H,3H2,1-2H3. The van der Waals surface area contributed by atoms with Crippen LogP contribution in [0.4, 0.5) is 5.69 Å². The lowest BCUT2D eigenvalue weighted by molar-refractivity contribution is 0.0988. The zero-order valence-corrected chi connectivity index (χ0v) is 12.2. The van der Waals surface area contributed by atoms with Crippen molar-refractivity contribution in [2.45, 2.75) is 13.8 Å². The first kappa shape index (κ1) is 14.4. The van der Waals surface area contributed by atoms with E-state index in [1.807, 2.05) is 19.9 Å². The fourth-order valence-electron chi connectivity index (χ4n) is 2.04. The Bertz CT molecular complexity index is 640. The highest BCUT2D eigenvalue weighted by molar-refractivity contribution is 6.34. The molecule has 20 heavy (non-hydrogen) atoms. The molecule has 2 rings (SSSR count). The van der Waals surface area contributed by atoms with Crippen molar-refractivity contribution in [1.82, 2.24) is 0 Å². The third kappa shape index (κ3) is 2.94. The van der Waals surface area contributed by atoms with Gasteiger partial charge in [0.25, 0.3) is 5.91 Å². The molecule has 0 fully saturated rings. The molecule has 0 aromatic heterocycles. The number of hydrogen-bond donors (Lipinski definition) is 1. The molecule has 1 N–H and O–H groups in total. The molecule has 104 valence electrons. The van der Waals surface area contributed by atoms with Gasteiger partial charge in [0, 0.05) is 18.3 Å². The number of carbonyl (C=O) groups is 1. The molecule has 0 aliphatic carbocycles. The number of benzene rings is 2. The predicted octanol–water partition coefficient (Wildman–Crippen LogP) is 4.02. The van der Waals surface area contributed by atoms with Crippen LogP contribution >= 0.6 is 11.6 Å². The van der Waals surface area contributed by atoms with Gasteiger partial charge in [0.1, 0.15) is 5.75 Å². The van der Waals surface area contributed by atoms with Crippen molar-refractivity contribution >= 4 is 23.2 Å². The van der Waals surface area contributed by atoms with Crippen LogP contribution in [0.15, 0.2) is 42.5 Å². The van der Waals surface area contributed by atoms with Crippen LogP contribution in [0, 0.1) is 6.92 Å². The van der Waals surface area contributed by atoms with Crippen LogP contribution in [0.2, 0.25) is 5.02 Å². The summed E-state index contributed by atoms with van der Waals surface area (Å²) in [6, 6.07) is 12.0. The minimum Gasteiger partial charge on any atom is -0.508 e. The van der Waals surface area contributed by atoms with E-state index in [2.05, 4.69) is 0 Å². The van der Waals surface area contributed by atoms with Crippen molar-refractivity contribution in [3.63, 3.8) is 0 Å².